The Morgan fingerprint density at radius 1 is 1.00 bits per heavy atom. The highest BCUT2D eigenvalue weighted by molar-refractivity contribution is 6.51. The topological polar surface area (TPSA) is 74.6 Å². The van der Waals surface area contributed by atoms with Crippen molar-refractivity contribution in [2.24, 2.45) is 0 Å². The number of ketones is 2. The largest absolute Gasteiger partial charge is 0.497 e. The number of esters is 1. The Bertz CT molecular complexity index is 1040. The third-order valence-corrected chi connectivity index (χ3v) is 4.41. The SMILES string of the molecule is COC(=O)Cn1cc(C(=O)C(=O)c2ccc(OC)cc2)c2cc(Cl)ccc21. The van der Waals surface area contributed by atoms with Gasteiger partial charge in [-0.2, -0.15) is 0 Å². The molecule has 0 saturated carbocycles. The zero-order valence-corrected chi connectivity index (χ0v) is 15.4. The van der Waals surface area contributed by atoms with Crippen LogP contribution in [-0.4, -0.2) is 36.3 Å². The van der Waals surface area contributed by atoms with E-state index in [9.17, 15) is 14.4 Å². The molecule has 3 rings (SSSR count). The van der Waals surface area contributed by atoms with Crippen molar-refractivity contribution in [3.8, 4) is 5.75 Å². The summed E-state index contributed by atoms with van der Waals surface area (Å²) in [6.07, 6.45) is 1.47. The number of fused-ring (bicyclic) bond motifs is 1. The van der Waals surface area contributed by atoms with E-state index in [1.165, 1.54) is 32.5 Å². The molecule has 138 valence electrons. The zero-order valence-electron chi connectivity index (χ0n) is 14.7. The van der Waals surface area contributed by atoms with Crippen molar-refractivity contribution in [3.05, 3.63) is 64.8 Å². The van der Waals surface area contributed by atoms with Gasteiger partial charge >= 0.3 is 5.97 Å². The molecule has 0 N–H and O–H groups in total. The van der Waals surface area contributed by atoms with E-state index < -0.39 is 17.5 Å². The van der Waals surface area contributed by atoms with Gasteiger partial charge in [0.25, 0.3) is 0 Å². The van der Waals surface area contributed by atoms with Gasteiger partial charge in [0.2, 0.25) is 11.6 Å². The summed E-state index contributed by atoms with van der Waals surface area (Å²) >= 11 is 6.06. The molecule has 0 spiro atoms. The minimum absolute atomic E-state index is 0.0847. The van der Waals surface area contributed by atoms with E-state index in [4.69, 9.17) is 16.3 Å². The first kappa shape index (κ1) is 18.7. The number of hydrogen-bond donors (Lipinski definition) is 0. The number of carbonyl (C=O) groups is 3. The van der Waals surface area contributed by atoms with Crippen molar-refractivity contribution in [3.63, 3.8) is 0 Å². The van der Waals surface area contributed by atoms with Crippen LogP contribution in [0.4, 0.5) is 0 Å². The van der Waals surface area contributed by atoms with Crippen LogP contribution in [0.25, 0.3) is 10.9 Å². The van der Waals surface area contributed by atoms with Crippen LogP contribution in [0.5, 0.6) is 5.75 Å². The molecule has 1 aromatic heterocycles. The van der Waals surface area contributed by atoms with E-state index in [1.807, 2.05) is 0 Å². The molecule has 0 aliphatic carbocycles. The Labute approximate surface area is 160 Å². The van der Waals surface area contributed by atoms with Gasteiger partial charge in [-0.25, -0.2) is 0 Å². The average molecular weight is 386 g/mol. The second-order valence-corrected chi connectivity index (χ2v) is 6.23. The molecule has 0 atom stereocenters. The molecule has 0 aliphatic rings. The van der Waals surface area contributed by atoms with E-state index in [0.717, 1.165) is 0 Å². The summed E-state index contributed by atoms with van der Waals surface area (Å²) in [7, 11) is 2.80. The first-order chi connectivity index (χ1) is 12.9. The number of Topliss-reactive ketones (excluding diaryl/α,β-unsaturated/α-hetero) is 2. The van der Waals surface area contributed by atoms with Crippen molar-refractivity contribution in [2.45, 2.75) is 6.54 Å². The van der Waals surface area contributed by atoms with Crippen LogP contribution in [0.3, 0.4) is 0 Å². The minimum Gasteiger partial charge on any atom is -0.497 e. The molecule has 0 aliphatic heterocycles. The lowest BCUT2D eigenvalue weighted by Gasteiger charge is -2.03. The third kappa shape index (κ3) is 3.71. The number of benzene rings is 2. The van der Waals surface area contributed by atoms with Crippen molar-refractivity contribution in [2.75, 3.05) is 14.2 Å². The van der Waals surface area contributed by atoms with Crippen LogP contribution in [0.15, 0.2) is 48.7 Å². The first-order valence-electron chi connectivity index (χ1n) is 8.03. The molecular formula is C20H16ClNO5. The summed E-state index contributed by atoms with van der Waals surface area (Å²) in [6.45, 7) is -0.0847. The molecule has 0 radical (unpaired) electrons. The molecule has 0 bridgehead atoms. The average Bonchev–Trinajstić information content (AvgIpc) is 3.04. The number of halogens is 1. The van der Waals surface area contributed by atoms with Gasteiger partial charge in [-0.1, -0.05) is 11.6 Å². The number of aromatic nitrogens is 1. The van der Waals surface area contributed by atoms with Crippen LogP contribution in [0, 0.1) is 0 Å². The van der Waals surface area contributed by atoms with Gasteiger partial charge in [-0.05, 0) is 42.5 Å². The van der Waals surface area contributed by atoms with Crippen molar-refractivity contribution >= 4 is 40.0 Å². The van der Waals surface area contributed by atoms with Crippen molar-refractivity contribution < 1.29 is 23.9 Å². The summed E-state index contributed by atoms with van der Waals surface area (Å²) in [5.74, 6) is -1.23. The molecule has 7 heteroatoms. The maximum absolute atomic E-state index is 12.8. The predicted molar refractivity (Wildman–Crippen MR) is 101 cm³/mol. The lowest BCUT2D eigenvalue weighted by atomic mass is 10.0. The molecule has 6 nitrogen and oxygen atoms in total. The molecule has 0 amide bonds. The standard InChI is InChI=1S/C20H16ClNO5/c1-26-14-6-3-12(4-7-14)19(24)20(25)16-10-22(11-18(23)27-2)17-8-5-13(21)9-15(16)17/h3-10H,11H2,1-2H3. The molecule has 27 heavy (non-hydrogen) atoms. The lowest BCUT2D eigenvalue weighted by Crippen LogP contribution is -2.14. The van der Waals surface area contributed by atoms with Crippen molar-refractivity contribution in [1.29, 1.82) is 0 Å². The van der Waals surface area contributed by atoms with Gasteiger partial charge in [0.15, 0.2) is 0 Å². The first-order valence-corrected chi connectivity index (χ1v) is 8.40. The number of hydrogen-bond acceptors (Lipinski definition) is 5. The fourth-order valence-corrected chi connectivity index (χ4v) is 2.95. The van der Waals surface area contributed by atoms with E-state index in [1.54, 1.807) is 34.9 Å². The molecule has 3 aromatic rings. The van der Waals surface area contributed by atoms with Crippen LogP contribution < -0.4 is 4.74 Å². The van der Waals surface area contributed by atoms with Gasteiger partial charge in [0.05, 0.1) is 19.8 Å². The molecule has 0 unspecified atom stereocenters. The fourth-order valence-electron chi connectivity index (χ4n) is 2.78. The molecular weight excluding hydrogens is 370 g/mol. The Morgan fingerprint density at radius 3 is 2.33 bits per heavy atom. The van der Waals surface area contributed by atoms with Gasteiger partial charge in [0, 0.05) is 27.7 Å². The van der Waals surface area contributed by atoms with Crippen LogP contribution in [0.1, 0.15) is 20.7 Å². The molecule has 1 heterocycles. The summed E-state index contributed by atoms with van der Waals surface area (Å²) in [5, 5.41) is 0.919. The number of carbonyl (C=O) groups excluding carboxylic acids is 3. The highest BCUT2D eigenvalue weighted by Gasteiger charge is 2.23. The van der Waals surface area contributed by atoms with Crippen LogP contribution >= 0.6 is 11.6 Å². The smallest absolute Gasteiger partial charge is 0.325 e. The van der Waals surface area contributed by atoms with Gasteiger partial charge in [-0.15, -0.1) is 0 Å². The number of methoxy groups -OCH3 is 2. The van der Waals surface area contributed by atoms with E-state index in [0.29, 0.717) is 21.7 Å². The summed E-state index contributed by atoms with van der Waals surface area (Å²) < 4.78 is 11.3. The zero-order chi connectivity index (χ0) is 19.6. The van der Waals surface area contributed by atoms with E-state index >= 15 is 0 Å². The molecule has 2 aromatic carbocycles. The van der Waals surface area contributed by atoms with Gasteiger partial charge < -0.3 is 14.0 Å². The monoisotopic (exact) mass is 385 g/mol. The molecule has 0 fully saturated rings. The number of rotatable bonds is 6. The normalized spacial score (nSPS) is 10.6. The Morgan fingerprint density at radius 2 is 1.70 bits per heavy atom. The number of ether oxygens (including phenoxy) is 2. The minimum atomic E-state index is -0.684. The Kier molecular flexibility index (Phi) is 5.28. The quantitative estimate of drug-likeness (QED) is 0.368. The summed E-state index contributed by atoms with van der Waals surface area (Å²) in [4.78, 5) is 37.1. The Balaban J connectivity index is 2.03. The lowest BCUT2D eigenvalue weighted by molar-refractivity contribution is -0.141. The van der Waals surface area contributed by atoms with E-state index in [2.05, 4.69) is 4.74 Å². The Hall–Kier alpha value is -3.12. The second kappa shape index (κ2) is 7.63. The van der Waals surface area contributed by atoms with Crippen molar-refractivity contribution in [1.82, 2.24) is 4.57 Å². The second-order valence-electron chi connectivity index (χ2n) is 5.80. The van der Waals surface area contributed by atoms with Gasteiger partial charge in [-0.3, -0.25) is 14.4 Å². The predicted octanol–water partition coefficient (Wildman–Crippen LogP) is 3.54. The highest BCUT2D eigenvalue weighted by Crippen LogP contribution is 2.26. The maximum Gasteiger partial charge on any atom is 0.325 e. The van der Waals surface area contributed by atoms with Crippen LogP contribution in [0.2, 0.25) is 5.02 Å². The summed E-state index contributed by atoms with van der Waals surface area (Å²) in [6, 6.07) is 11.2. The summed E-state index contributed by atoms with van der Waals surface area (Å²) in [5.41, 5.74) is 1.03. The number of nitrogens with zero attached hydrogens (tertiary/aromatic N) is 1. The highest BCUT2D eigenvalue weighted by atomic mass is 35.5. The molecule has 0 saturated heterocycles. The fraction of sp³-hybridized carbons (Fsp3) is 0.150. The van der Waals surface area contributed by atoms with Crippen LogP contribution in [-0.2, 0) is 16.1 Å². The van der Waals surface area contributed by atoms with Gasteiger partial charge in [0.1, 0.15) is 12.3 Å². The van der Waals surface area contributed by atoms with E-state index in [-0.39, 0.29) is 17.7 Å². The maximum atomic E-state index is 12.8. The third-order valence-electron chi connectivity index (χ3n) is 4.17.